The van der Waals surface area contributed by atoms with Crippen molar-refractivity contribution < 1.29 is 9.53 Å². The second-order valence-electron chi connectivity index (χ2n) is 4.15. The van der Waals surface area contributed by atoms with Gasteiger partial charge in [-0.25, -0.2) is 0 Å². The summed E-state index contributed by atoms with van der Waals surface area (Å²) in [7, 11) is 0. The Bertz CT molecular complexity index is 414. The Balaban J connectivity index is 1.98. The first-order chi connectivity index (χ1) is 8.16. The van der Waals surface area contributed by atoms with Crippen LogP contribution in [0.25, 0.3) is 0 Å². The van der Waals surface area contributed by atoms with Crippen molar-refractivity contribution in [2.24, 2.45) is 0 Å². The van der Waals surface area contributed by atoms with Crippen molar-refractivity contribution in [1.29, 1.82) is 0 Å². The Morgan fingerprint density at radius 3 is 3.00 bits per heavy atom. The number of carbonyl (C=O) groups is 1. The molecular weight excluding hydrogens is 300 g/mol. The van der Waals surface area contributed by atoms with Crippen LogP contribution in [-0.4, -0.2) is 24.2 Å². The van der Waals surface area contributed by atoms with Crippen LogP contribution in [0.15, 0.2) is 27.6 Å². The highest BCUT2D eigenvalue weighted by molar-refractivity contribution is 9.10. The number of hydrogen-bond donors (Lipinski definition) is 0. The predicted molar refractivity (Wildman–Crippen MR) is 73.8 cm³/mol. The zero-order chi connectivity index (χ0) is 12.3. The molecule has 1 aliphatic heterocycles. The fraction of sp³-hybridized carbons (Fsp3) is 0.462. The summed E-state index contributed by atoms with van der Waals surface area (Å²) >= 11 is 5.29. The Labute approximate surface area is 114 Å². The standard InChI is InChI=1S/C13H15BrO2S/c1-9(15)10-4-5-13(12(14)7-10)17-8-11-3-2-6-16-11/h4-5,7,11H,2-3,6,8H2,1H3. The minimum atomic E-state index is 0.0985. The van der Waals surface area contributed by atoms with Gasteiger partial charge in [0.25, 0.3) is 0 Å². The van der Waals surface area contributed by atoms with E-state index in [0.717, 1.165) is 28.8 Å². The van der Waals surface area contributed by atoms with Gasteiger partial charge in [-0.15, -0.1) is 11.8 Å². The van der Waals surface area contributed by atoms with Crippen LogP contribution >= 0.6 is 27.7 Å². The van der Waals surface area contributed by atoms with Crippen LogP contribution in [0.2, 0.25) is 0 Å². The van der Waals surface area contributed by atoms with Crippen molar-refractivity contribution in [2.45, 2.75) is 30.8 Å². The first-order valence-electron chi connectivity index (χ1n) is 5.71. The van der Waals surface area contributed by atoms with Gasteiger partial charge in [0.1, 0.15) is 0 Å². The molecule has 1 aliphatic rings. The van der Waals surface area contributed by atoms with E-state index < -0.39 is 0 Å². The fourth-order valence-electron chi connectivity index (χ4n) is 1.80. The zero-order valence-corrected chi connectivity index (χ0v) is 12.1. The lowest BCUT2D eigenvalue weighted by molar-refractivity contribution is 0.101. The summed E-state index contributed by atoms with van der Waals surface area (Å²) in [6.07, 6.45) is 2.73. The maximum atomic E-state index is 11.2. The van der Waals surface area contributed by atoms with Gasteiger partial charge in [0.05, 0.1) is 6.10 Å². The minimum Gasteiger partial charge on any atom is -0.377 e. The van der Waals surface area contributed by atoms with Gasteiger partial charge in [0, 0.05) is 27.3 Å². The van der Waals surface area contributed by atoms with Gasteiger partial charge in [-0.3, -0.25) is 4.79 Å². The smallest absolute Gasteiger partial charge is 0.159 e. The summed E-state index contributed by atoms with van der Waals surface area (Å²) in [5.74, 6) is 1.08. The summed E-state index contributed by atoms with van der Waals surface area (Å²) in [5.41, 5.74) is 0.748. The fourth-order valence-corrected chi connectivity index (χ4v) is 3.51. The molecule has 17 heavy (non-hydrogen) atoms. The maximum absolute atomic E-state index is 11.2. The van der Waals surface area contributed by atoms with Crippen LogP contribution in [-0.2, 0) is 4.74 Å². The number of ether oxygens (including phenoxy) is 1. The van der Waals surface area contributed by atoms with Gasteiger partial charge in [0.2, 0.25) is 0 Å². The van der Waals surface area contributed by atoms with Gasteiger partial charge < -0.3 is 4.74 Å². The quantitative estimate of drug-likeness (QED) is 0.622. The Hall–Kier alpha value is -0.320. The van der Waals surface area contributed by atoms with Crippen molar-refractivity contribution in [3.8, 4) is 0 Å². The van der Waals surface area contributed by atoms with Gasteiger partial charge in [0.15, 0.2) is 5.78 Å². The summed E-state index contributed by atoms with van der Waals surface area (Å²) < 4.78 is 6.58. The van der Waals surface area contributed by atoms with Crippen LogP contribution < -0.4 is 0 Å². The summed E-state index contributed by atoms with van der Waals surface area (Å²) in [6, 6.07) is 5.77. The van der Waals surface area contributed by atoms with E-state index in [1.165, 1.54) is 11.3 Å². The SMILES string of the molecule is CC(=O)c1ccc(SCC2CCCO2)c(Br)c1. The van der Waals surface area contributed by atoms with Crippen molar-refractivity contribution in [2.75, 3.05) is 12.4 Å². The van der Waals surface area contributed by atoms with E-state index in [4.69, 9.17) is 4.74 Å². The van der Waals surface area contributed by atoms with E-state index in [1.807, 2.05) is 18.2 Å². The largest absolute Gasteiger partial charge is 0.377 e. The summed E-state index contributed by atoms with van der Waals surface area (Å²) in [6.45, 7) is 2.48. The van der Waals surface area contributed by atoms with Crippen LogP contribution in [0, 0.1) is 0 Å². The topological polar surface area (TPSA) is 26.3 Å². The third-order valence-corrected chi connectivity index (χ3v) is 4.91. The molecule has 0 aliphatic carbocycles. The molecule has 0 aromatic heterocycles. The molecule has 2 rings (SSSR count). The van der Waals surface area contributed by atoms with Crippen LogP contribution in [0.3, 0.4) is 0 Å². The van der Waals surface area contributed by atoms with E-state index in [9.17, 15) is 4.79 Å². The Morgan fingerprint density at radius 1 is 1.59 bits per heavy atom. The highest BCUT2D eigenvalue weighted by Crippen LogP contribution is 2.30. The van der Waals surface area contributed by atoms with Gasteiger partial charge in [-0.2, -0.15) is 0 Å². The second kappa shape index (κ2) is 6.03. The highest BCUT2D eigenvalue weighted by atomic mass is 79.9. The monoisotopic (exact) mass is 314 g/mol. The molecule has 1 fully saturated rings. The number of carbonyl (C=O) groups excluding carboxylic acids is 1. The van der Waals surface area contributed by atoms with E-state index in [-0.39, 0.29) is 5.78 Å². The Morgan fingerprint density at radius 2 is 2.41 bits per heavy atom. The summed E-state index contributed by atoms with van der Waals surface area (Å²) in [4.78, 5) is 12.4. The van der Waals surface area contributed by atoms with Gasteiger partial charge in [-0.1, -0.05) is 6.07 Å². The number of benzene rings is 1. The Kier molecular flexibility index (Phi) is 4.65. The molecule has 0 bridgehead atoms. The molecule has 2 nitrogen and oxygen atoms in total. The van der Waals surface area contributed by atoms with Crippen LogP contribution in [0.5, 0.6) is 0 Å². The molecule has 0 spiro atoms. The first kappa shape index (κ1) is 13.1. The molecule has 4 heteroatoms. The number of Topliss-reactive ketones (excluding diaryl/α,β-unsaturated/α-hetero) is 1. The highest BCUT2D eigenvalue weighted by Gasteiger charge is 2.16. The van der Waals surface area contributed by atoms with E-state index in [0.29, 0.717) is 6.10 Å². The third-order valence-electron chi connectivity index (χ3n) is 2.79. The lowest BCUT2D eigenvalue weighted by atomic mass is 10.2. The molecule has 92 valence electrons. The van der Waals surface area contributed by atoms with E-state index in [2.05, 4.69) is 15.9 Å². The minimum absolute atomic E-state index is 0.0985. The summed E-state index contributed by atoms with van der Waals surface area (Å²) in [5, 5.41) is 0. The number of thioether (sulfide) groups is 1. The molecule has 0 saturated carbocycles. The number of ketones is 1. The normalized spacial score (nSPS) is 19.5. The van der Waals surface area contributed by atoms with E-state index >= 15 is 0 Å². The number of hydrogen-bond acceptors (Lipinski definition) is 3. The van der Waals surface area contributed by atoms with Crippen molar-refractivity contribution >= 4 is 33.5 Å². The predicted octanol–water partition coefficient (Wildman–Crippen LogP) is 3.92. The average Bonchev–Trinajstić information content (AvgIpc) is 2.80. The van der Waals surface area contributed by atoms with Crippen molar-refractivity contribution in [3.63, 3.8) is 0 Å². The first-order valence-corrected chi connectivity index (χ1v) is 7.49. The molecule has 0 radical (unpaired) electrons. The molecule has 0 amide bonds. The average molecular weight is 315 g/mol. The zero-order valence-electron chi connectivity index (χ0n) is 9.74. The molecule has 1 aromatic rings. The maximum Gasteiger partial charge on any atom is 0.159 e. The van der Waals surface area contributed by atoms with Gasteiger partial charge in [-0.05, 0) is 47.8 Å². The number of halogens is 1. The molecule has 1 heterocycles. The van der Waals surface area contributed by atoms with Crippen LogP contribution in [0.4, 0.5) is 0 Å². The molecule has 0 N–H and O–H groups in total. The lowest BCUT2D eigenvalue weighted by Crippen LogP contribution is -2.07. The lowest BCUT2D eigenvalue weighted by Gasteiger charge is -2.10. The molecule has 1 atom stereocenters. The molecular formula is C13H15BrO2S. The molecule has 1 saturated heterocycles. The van der Waals surface area contributed by atoms with E-state index in [1.54, 1.807) is 18.7 Å². The molecule has 1 aromatic carbocycles. The third kappa shape index (κ3) is 3.57. The van der Waals surface area contributed by atoms with Gasteiger partial charge >= 0.3 is 0 Å². The van der Waals surface area contributed by atoms with Crippen LogP contribution in [0.1, 0.15) is 30.1 Å². The van der Waals surface area contributed by atoms with Crippen molar-refractivity contribution in [1.82, 2.24) is 0 Å². The molecule has 1 unspecified atom stereocenters. The second-order valence-corrected chi connectivity index (χ2v) is 6.06. The number of rotatable bonds is 4. The van der Waals surface area contributed by atoms with Crippen molar-refractivity contribution in [3.05, 3.63) is 28.2 Å².